The molecule has 0 aromatic heterocycles. The standard InChI is InChI=1S/C54H37N/c1-3-14-38(15-4-1)40-26-31-45(32-27-40)55(46-33-28-41(29-34-46)39-16-5-2-6-17-39)54-35-30-44(37-53(54)50-25-13-20-42-18-7-9-21-47(42)50)52-36-43-19-8-10-22-48(43)49-23-11-12-24-51(49)52/h1-37H. The predicted octanol–water partition coefficient (Wildman–Crippen LogP) is 15.3. The summed E-state index contributed by atoms with van der Waals surface area (Å²) >= 11 is 0. The molecule has 10 aromatic carbocycles. The summed E-state index contributed by atoms with van der Waals surface area (Å²) < 4.78 is 0. The maximum atomic E-state index is 2.42. The molecule has 0 amide bonds. The molecule has 0 bridgehead atoms. The van der Waals surface area contributed by atoms with E-state index in [-0.39, 0.29) is 0 Å². The van der Waals surface area contributed by atoms with Crippen LogP contribution in [0.2, 0.25) is 0 Å². The third-order valence-electron chi connectivity index (χ3n) is 10.9. The van der Waals surface area contributed by atoms with Gasteiger partial charge in [0.1, 0.15) is 0 Å². The molecule has 1 heteroatoms. The molecule has 0 atom stereocenters. The van der Waals surface area contributed by atoms with E-state index in [0.717, 1.165) is 17.1 Å². The van der Waals surface area contributed by atoms with Gasteiger partial charge >= 0.3 is 0 Å². The second-order valence-electron chi connectivity index (χ2n) is 14.1. The van der Waals surface area contributed by atoms with E-state index in [2.05, 4.69) is 229 Å². The van der Waals surface area contributed by atoms with Crippen LogP contribution >= 0.6 is 0 Å². The van der Waals surface area contributed by atoms with Gasteiger partial charge in [0.15, 0.2) is 0 Å². The van der Waals surface area contributed by atoms with Crippen molar-refractivity contribution in [2.24, 2.45) is 0 Å². The number of rotatable bonds is 7. The van der Waals surface area contributed by atoms with Gasteiger partial charge in [-0.2, -0.15) is 0 Å². The number of hydrogen-bond donors (Lipinski definition) is 0. The minimum absolute atomic E-state index is 1.09. The van der Waals surface area contributed by atoms with Gasteiger partial charge in [0, 0.05) is 16.9 Å². The number of anilines is 3. The molecule has 0 heterocycles. The summed E-state index contributed by atoms with van der Waals surface area (Å²) in [6.07, 6.45) is 0. The summed E-state index contributed by atoms with van der Waals surface area (Å²) in [5.41, 5.74) is 12.9. The highest BCUT2D eigenvalue weighted by Crippen LogP contribution is 2.46. The zero-order valence-corrected chi connectivity index (χ0v) is 30.3. The summed E-state index contributed by atoms with van der Waals surface area (Å²) in [6.45, 7) is 0. The van der Waals surface area contributed by atoms with Crippen molar-refractivity contribution in [2.75, 3.05) is 4.90 Å². The van der Waals surface area contributed by atoms with Crippen molar-refractivity contribution in [3.8, 4) is 44.5 Å². The average molecular weight is 700 g/mol. The summed E-state index contributed by atoms with van der Waals surface area (Å²) in [7, 11) is 0. The molecule has 0 aliphatic rings. The molecule has 0 aliphatic heterocycles. The zero-order chi connectivity index (χ0) is 36.6. The van der Waals surface area contributed by atoms with Crippen LogP contribution in [-0.4, -0.2) is 0 Å². The van der Waals surface area contributed by atoms with Gasteiger partial charge in [0.2, 0.25) is 0 Å². The number of nitrogens with zero attached hydrogens (tertiary/aromatic N) is 1. The molecular weight excluding hydrogens is 663 g/mol. The van der Waals surface area contributed by atoms with E-state index in [9.17, 15) is 0 Å². The third kappa shape index (κ3) is 6.02. The molecule has 0 N–H and O–H groups in total. The van der Waals surface area contributed by atoms with E-state index >= 15 is 0 Å². The lowest BCUT2D eigenvalue weighted by Gasteiger charge is -2.29. The van der Waals surface area contributed by atoms with E-state index < -0.39 is 0 Å². The van der Waals surface area contributed by atoms with Crippen LogP contribution in [0.5, 0.6) is 0 Å². The minimum Gasteiger partial charge on any atom is -0.310 e. The van der Waals surface area contributed by atoms with Crippen molar-refractivity contribution < 1.29 is 0 Å². The van der Waals surface area contributed by atoms with Gasteiger partial charge in [-0.1, -0.05) is 182 Å². The number of benzene rings is 10. The Bertz CT molecular complexity index is 2860. The number of fused-ring (bicyclic) bond motifs is 4. The van der Waals surface area contributed by atoms with Crippen LogP contribution in [0.1, 0.15) is 0 Å². The second kappa shape index (κ2) is 14.0. The molecule has 1 nitrogen and oxygen atoms in total. The number of hydrogen-bond acceptors (Lipinski definition) is 1. The van der Waals surface area contributed by atoms with Gasteiger partial charge in [0.05, 0.1) is 5.69 Å². The largest absolute Gasteiger partial charge is 0.310 e. The lowest BCUT2D eigenvalue weighted by Crippen LogP contribution is -2.11. The first-order chi connectivity index (χ1) is 27.3. The summed E-state index contributed by atoms with van der Waals surface area (Å²) in [6, 6.07) is 81.5. The Balaban J connectivity index is 1.22. The zero-order valence-electron chi connectivity index (χ0n) is 30.3. The molecule has 10 aromatic rings. The topological polar surface area (TPSA) is 3.24 Å². The van der Waals surface area contributed by atoms with Crippen molar-refractivity contribution in [1.29, 1.82) is 0 Å². The smallest absolute Gasteiger partial charge is 0.0540 e. The fourth-order valence-electron chi connectivity index (χ4n) is 8.16. The van der Waals surface area contributed by atoms with Gasteiger partial charge < -0.3 is 4.90 Å². The van der Waals surface area contributed by atoms with Crippen LogP contribution in [0.15, 0.2) is 224 Å². The van der Waals surface area contributed by atoms with Crippen molar-refractivity contribution >= 4 is 49.4 Å². The van der Waals surface area contributed by atoms with Gasteiger partial charge in [0.25, 0.3) is 0 Å². The molecule has 0 spiro atoms. The quantitative estimate of drug-likeness (QED) is 0.150. The van der Waals surface area contributed by atoms with Crippen LogP contribution in [0, 0.1) is 0 Å². The Morgan fingerprint density at radius 1 is 0.236 bits per heavy atom. The Labute approximate surface area is 322 Å². The van der Waals surface area contributed by atoms with Gasteiger partial charge in [-0.3, -0.25) is 0 Å². The molecule has 55 heavy (non-hydrogen) atoms. The highest BCUT2D eigenvalue weighted by atomic mass is 15.1. The van der Waals surface area contributed by atoms with Crippen molar-refractivity contribution in [1.82, 2.24) is 0 Å². The van der Waals surface area contributed by atoms with E-state index in [0.29, 0.717) is 0 Å². The van der Waals surface area contributed by atoms with Crippen LogP contribution in [0.4, 0.5) is 17.1 Å². The molecule has 0 unspecified atom stereocenters. The fourth-order valence-corrected chi connectivity index (χ4v) is 8.16. The SMILES string of the molecule is c1ccc(-c2ccc(N(c3ccc(-c4ccccc4)cc3)c3ccc(-c4cc5ccccc5c5ccccc45)cc3-c3cccc4ccccc34)cc2)cc1. The molecular formula is C54H37N. The van der Waals surface area contributed by atoms with E-state index in [4.69, 9.17) is 0 Å². The summed E-state index contributed by atoms with van der Waals surface area (Å²) in [4.78, 5) is 2.42. The van der Waals surface area contributed by atoms with Crippen LogP contribution in [0.3, 0.4) is 0 Å². The Morgan fingerprint density at radius 2 is 0.709 bits per heavy atom. The predicted molar refractivity (Wildman–Crippen MR) is 235 cm³/mol. The molecule has 0 radical (unpaired) electrons. The lowest BCUT2D eigenvalue weighted by molar-refractivity contribution is 1.28. The molecule has 0 fully saturated rings. The maximum absolute atomic E-state index is 2.42. The van der Waals surface area contributed by atoms with Gasteiger partial charge in [-0.05, 0) is 114 Å². The van der Waals surface area contributed by atoms with Crippen LogP contribution < -0.4 is 4.90 Å². The summed E-state index contributed by atoms with van der Waals surface area (Å²) in [5.74, 6) is 0. The maximum Gasteiger partial charge on any atom is 0.0540 e. The second-order valence-corrected chi connectivity index (χ2v) is 14.1. The van der Waals surface area contributed by atoms with E-state index in [1.54, 1.807) is 0 Å². The third-order valence-corrected chi connectivity index (χ3v) is 10.9. The van der Waals surface area contributed by atoms with Crippen molar-refractivity contribution in [2.45, 2.75) is 0 Å². The van der Waals surface area contributed by atoms with Crippen LogP contribution in [-0.2, 0) is 0 Å². The van der Waals surface area contributed by atoms with Crippen molar-refractivity contribution in [3.63, 3.8) is 0 Å². The molecule has 0 saturated carbocycles. The summed E-state index contributed by atoms with van der Waals surface area (Å²) in [5, 5.41) is 7.49. The monoisotopic (exact) mass is 699 g/mol. The normalized spacial score (nSPS) is 11.3. The first-order valence-electron chi connectivity index (χ1n) is 18.9. The molecule has 0 saturated heterocycles. The molecule has 0 aliphatic carbocycles. The highest BCUT2D eigenvalue weighted by molar-refractivity contribution is 6.14. The van der Waals surface area contributed by atoms with E-state index in [1.165, 1.54) is 76.8 Å². The van der Waals surface area contributed by atoms with Crippen molar-refractivity contribution in [3.05, 3.63) is 224 Å². The first-order valence-corrected chi connectivity index (χ1v) is 18.9. The van der Waals surface area contributed by atoms with Crippen LogP contribution in [0.25, 0.3) is 76.8 Å². The Hall–Kier alpha value is -7.22. The Kier molecular flexibility index (Phi) is 8.24. The highest BCUT2D eigenvalue weighted by Gasteiger charge is 2.21. The van der Waals surface area contributed by atoms with Gasteiger partial charge in [-0.25, -0.2) is 0 Å². The first kappa shape index (κ1) is 32.4. The van der Waals surface area contributed by atoms with Gasteiger partial charge in [-0.15, -0.1) is 0 Å². The molecule has 258 valence electrons. The average Bonchev–Trinajstić information content (AvgIpc) is 3.27. The lowest BCUT2D eigenvalue weighted by atomic mass is 9.89. The Morgan fingerprint density at radius 3 is 1.35 bits per heavy atom. The minimum atomic E-state index is 1.09. The van der Waals surface area contributed by atoms with E-state index in [1.807, 2.05) is 0 Å². The molecule has 10 rings (SSSR count). The fraction of sp³-hybridized carbons (Fsp3) is 0.